The Balaban J connectivity index is 1.07. The quantitative estimate of drug-likeness (QED) is 0.108. The summed E-state index contributed by atoms with van der Waals surface area (Å²) in [6.07, 6.45) is -0.131. The first-order valence-electron chi connectivity index (χ1n) is 17.2. The third-order valence-electron chi connectivity index (χ3n) is 8.94. The number of nitrogens with one attached hydrogen (secondary N) is 2. The molecule has 1 heterocycles. The number of aryl methyl sites for hydroxylation is 1. The van der Waals surface area contributed by atoms with Gasteiger partial charge in [-0.25, -0.2) is 30.8 Å². The summed E-state index contributed by atoms with van der Waals surface area (Å²) in [5.74, 6) is -1.87. The summed E-state index contributed by atoms with van der Waals surface area (Å²) in [5, 5.41) is 0.591. The first-order valence-corrected chi connectivity index (χ1v) is 20.7. The van der Waals surface area contributed by atoms with Crippen LogP contribution < -0.4 is 14.2 Å². The monoisotopic (exact) mass is 821 g/mol. The predicted octanol–water partition coefficient (Wildman–Crippen LogP) is 6.77. The molecule has 292 valence electrons. The molecule has 0 amide bonds. The maximum absolute atomic E-state index is 13.3. The minimum absolute atomic E-state index is 0.00915. The molecule has 5 aromatic carbocycles. The molecule has 1 saturated heterocycles. The first kappa shape index (κ1) is 40.2. The maximum atomic E-state index is 13.3. The number of carbonyl (C=O) groups excluding carboxylic acids is 2. The van der Waals surface area contributed by atoms with Gasteiger partial charge in [0.05, 0.1) is 47.4 Å². The number of sulfonamides is 2. The Bertz CT molecular complexity index is 2440. The Morgan fingerprint density at radius 2 is 1.29 bits per heavy atom. The molecule has 0 saturated carbocycles. The normalized spacial score (nSPS) is 13.4. The molecule has 56 heavy (non-hydrogen) atoms. The highest BCUT2D eigenvalue weighted by Crippen LogP contribution is 2.29. The third-order valence-corrected chi connectivity index (χ3v) is 11.8. The van der Waals surface area contributed by atoms with E-state index in [9.17, 15) is 30.8 Å². The van der Waals surface area contributed by atoms with Crippen LogP contribution in [0.1, 0.15) is 31.8 Å². The number of ether oxygens (including phenoxy) is 3. The van der Waals surface area contributed by atoms with Crippen molar-refractivity contribution in [1.29, 1.82) is 0 Å². The minimum Gasteiger partial charge on any atom is -0.488 e. The number of hydrogen-bond acceptors (Lipinski definition) is 10. The van der Waals surface area contributed by atoms with E-state index >= 15 is 0 Å². The van der Waals surface area contributed by atoms with Crippen LogP contribution in [0.4, 0.5) is 15.8 Å². The highest BCUT2D eigenvalue weighted by molar-refractivity contribution is 7.93. The summed E-state index contributed by atoms with van der Waals surface area (Å²) in [6.45, 7) is 1.38. The van der Waals surface area contributed by atoms with E-state index in [4.69, 9.17) is 25.8 Å². The average molecular weight is 822 g/mol. The molecule has 0 bridgehead atoms. The van der Waals surface area contributed by atoms with Gasteiger partial charge in [0, 0.05) is 24.7 Å². The van der Waals surface area contributed by atoms with Crippen LogP contribution in [-0.4, -0.2) is 72.8 Å². The van der Waals surface area contributed by atoms with E-state index < -0.39 is 37.8 Å². The average Bonchev–Trinajstić information content (AvgIpc) is 3.17. The molecule has 2 N–H and O–H groups in total. The lowest BCUT2D eigenvalue weighted by Crippen LogP contribution is -2.53. The van der Waals surface area contributed by atoms with Crippen LogP contribution in [0.3, 0.4) is 0 Å². The van der Waals surface area contributed by atoms with Crippen molar-refractivity contribution in [2.45, 2.75) is 24.0 Å². The van der Waals surface area contributed by atoms with Gasteiger partial charge in [-0.05, 0) is 95.4 Å². The summed E-state index contributed by atoms with van der Waals surface area (Å²) >= 11 is 5.98. The lowest BCUT2D eigenvalue weighted by atomic mass is 10.1. The first-order chi connectivity index (χ1) is 26.7. The van der Waals surface area contributed by atoms with E-state index in [0.29, 0.717) is 36.0 Å². The Morgan fingerprint density at radius 3 is 1.91 bits per heavy atom. The van der Waals surface area contributed by atoms with E-state index in [1.54, 1.807) is 42.5 Å². The SMILES string of the molecule is COC(=O)c1cc(OC2CN(Cc3ccc(NS(=O)(=O)c4ccc(-c5ccc(Cl)cc5)cc4)c(C(=O)OC)c3)C2)ccc1NS(=O)(=O)CCc1ccc(F)cc1. The number of likely N-dealkylation sites (tertiary alicyclic amines) is 1. The van der Waals surface area contributed by atoms with E-state index in [-0.39, 0.29) is 45.7 Å². The van der Waals surface area contributed by atoms with Crippen LogP contribution in [0.25, 0.3) is 11.1 Å². The van der Waals surface area contributed by atoms with Gasteiger partial charge in [-0.2, -0.15) is 0 Å². The molecule has 1 aliphatic heterocycles. The number of hydrogen-bond donors (Lipinski definition) is 2. The van der Waals surface area contributed by atoms with Crippen LogP contribution in [0, 0.1) is 5.82 Å². The largest absolute Gasteiger partial charge is 0.488 e. The van der Waals surface area contributed by atoms with Crippen LogP contribution in [0.15, 0.2) is 114 Å². The fourth-order valence-corrected chi connectivity index (χ4v) is 8.32. The van der Waals surface area contributed by atoms with Crippen molar-refractivity contribution in [1.82, 2.24) is 4.90 Å². The Morgan fingerprint density at radius 1 is 0.732 bits per heavy atom. The fourth-order valence-electron chi connectivity index (χ4n) is 5.99. The van der Waals surface area contributed by atoms with Gasteiger partial charge in [0.2, 0.25) is 10.0 Å². The van der Waals surface area contributed by atoms with Gasteiger partial charge in [-0.3, -0.25) is 14.3 Å². The van der Waals surface area contributed by atoms with E-state index in [0.717, 1.165) is 16.7 Å². The molecule has 12 nitrogen and oxygen atoms in total. The number of anilines is 2. The number of methoxy groups -OCH3 is 2. The highest BCUT2D eigenvalue weighted by atomic mass is 35.5. The molecule has 0 aliphatic carbocycles. The van der Waals surface area contributed by atoms with E-state index in [1.165, 1.54) is 68.8 Å². The lowest BCUT2D eigenvalue weighted by molar-refractivity contribution is 0.0144. The van der Waals surface area contributed by atoms with Crippen LogP contribution in [0.5, 0.6) is 5.75 Å². The Hall–Kier alpha value is -5.48. The summed E-state index contributed by atoms with van der Waals surface area (Å²) in [7, 11) is -5.56. The zero-order valence-corrected chi connectivity index (χ0v) is 32.6. The summed E-state index contributed by atoms with van der Waals surface area (Å²) in [5.41, 5.74) is 3.14. The van der Waals surface area contributed by atoms with Gasteiger partial charge < -0.3 is 14.2 Å². The molecule has 0 unspecified atom stereocenters. The van der Waals surface area contributed by atoms with E-state index in [1.807, 2.05) is 17.0 Å². The van der Waals surface area contributed by atoms with Crippen LogP contribution in [-0.2, 0) is 42.5 Å². The molecule has 1 aliphatic rings. The Labute approximate surface area is 329 Å². The molecule has 5 aromatic rings. The summed E-state index contributed by atoms with van der Waals surface area (Å²) < 4.78 is 86.4. The zero-order chi connectivity index (χ0) is 40.0. The van der Waals surface area contributed by atoms with Crippen LogP contribution >= 0.6 is 11.6 Å². The highest BCUT2D eigenvalue weighted by Gasteiger charge is 2.30. The maximum Gasteiger partial charge on any atom is 0.340 e. The van der Waals surface area contributed by atoms with Gasteiger partial charge >= 0.3 is 11.9 Å². The standard InChI is InChI=1S/C40H37ClFN3O9S2/c1-52-39(46)35-21-27(5-17-38(35)44-56(50,51)34-15-8-29(9-16-34)28-6-10-30(41)11-7-28)23-45-24-33(25-45)54-32-14-18-37(36(22-32)40(47)53-2)43-55(48,49)20-19-26-3-12-31(42)13-4-26/h3-18,21-22,33,43-44H,19-20,23-25H2,1-2H3. The second kappa shape index (κ2) is 17.1. The Kier molecular flexibility index (Phi) is 12.3. The van der Waals surface area contributed by atoms with Crippen molar-refractivity contribution < 1.29 is 45.0 Å². The molecule has 6 rings (SSSR count). The van der Waals surface area contributed by atoms with Crippen molar-refractivity contribution in [2.75, 3.05) is 42.5 Å². The minimum atomic E-state index is -4.07. The van der Waals surface area contributed by atoms with Gasteiger partial charge in [-0.15, -0.1) is 0 Å². The number of esters is 2. The molecule has 16 heteroatoms. The van der Waals surface area contributed by atoms with Gasteiger partial charge in [0.1, 0.15) is 17.7 Å². The van der Waals surface area contributed by atoms with Crippen molar-refractivity contribution >= 4 is 55.0 Å². The summed E-state index contributed by atoms with van der Waals surface area (Å²) in [6, 6.07) is 28.2. The predicted molar refractivity (Wildman–Crippen MR) is 210 cm³/mol. The molecular formula is C40H37ClFN3O9S2. The number of halogens is 2. The molecular weight excluding hydrogens is 785 g/mol. The van der Waals surface area contributed by atoms with Crippen molar-refractivity contribution in [3.05, 3.63) is 142 Å². The second-order valence-corrected chi connectivity index (χ2v) is 16.9. The smallest absolute Gasteiger partial charge is 0.340 e. The topological polar surface area (TPSA) is 157 Å². The van der Waals surface area contributed by atoms with Gasteiger partial charge in [-0.1, -0.05) is 54.1 Å². The van der Waals surface area contributed by atoms with Crippen molar-refractivity contribution in [3.63, 3.8) is 0 Å². The van der Waals surface area contributed by atoms with Crippen molar-refractivity contribution in [3.8, 4) is 16.9 Å². The molecule has 0 spiro atoms. The van der Waals surface area contributed by atoms with Crippen molar-refractivity contribution in [2.24, 2.45) is 0 Å². The van der Waals surface area contributed by atoms with E-state index in [2.05, 4.69) is 9.44 Å². The molecule has 0 atom stereocenters. The number of carbonyl (C=O) groups is 2. The van der Waals surface area contributed by atoms with Gasteiger partial charge in [0.15, 0.2) is 0 Å². The molecule has 0 radical (unpaired) electrons. The summed E-state index contributed by atoms with van der Waals surface area (Å²) in [4.78, 5) is 27.4. The zero-order valence-electron chi connectivity index (χ0n) is 30.2. The molecule has 0 aromatic heterocycles. The molecule has 1 fully saturated rings. The number of benzene rings is 5. The fraction of sp³-hybridized carbons (Fsp3) is 0.200. The lowest BCUT2D eigenvalue weighted by Gasteiger charge is -2.39. The number of nitrogens with zero attached hydrogens (tertiary/aromatic N) is 1. The van der Waals surface area contributed by atoms with Gasteiger partial charge in [0.25, 0.3) is 10.0 Å². The third kappa shape index (κ3) is 10.0. The van der Waals surface area contributed by atoms with Crippen LogP contribution in [0.2, 0.25) is 5.02 Å². The second-order valence-electron chi connectivity index (χ2n) is 12.9. The number of rotatable bonds is 15.